The molecule has 0 aliphatic heterocycles. The Morgan fingerprint density at radius 1 is 0.800 bits per heavy atom. The molecule has 116 valence electrons. The number of allylic oxidation sites excluding steroid dienone is 4. The Balaban J connectivity index is 3.41. The van der Waals surface area contributed by atoms with Crippen molar-refractivity contribution < 1.29 is 27.7 Å². The van der Waals surface area contributed by atoms with Crippen molar-refractivity contribution in [1.29, 1.82) is 0 Å². The second kappa shape index (κ2) is 6.89. The fraction of sp³-hybridized carbons (Fsp3) is 0.750. The SMILES string of the molecule is CC[O][Ti]([O]CC)([O]CC)[C]1=C(C)C(C)=C(C)C1(C)C. The van der Waals surface area contributed by atoms with Crippen molar-refractivity contribution >= 4 is 0 Å². The predicted molar refractivity (Wildman–Crippen MR) is 79.7 cm³/mol. The van der Waals surface area contributed by atoms with Crippen LogP contribution in [-0.2, 0) is 27.7 Å². The monoisotopic (exact) mass is 318 g/mol. The van der Waals surface area contributed by atoms with Crippen LogP contribution in [0.5, 0.6) is 0 Å². The van der Waals surface area contributed by atoms with Gasteiger partial charge in [0.25, 0.3) is 0 Å². The van der Waals surface area contributed by atoms with E-state index in [0.717, 1.165) is 0 Å². The van der Waals surface area contributed by atoms with Gasteiger partial charge >= 0.3 is 129 Å². The van der Waals surface area contributed by atoms with Crippen molar-refractivity contribution in [3.05, 3.63) is 20.6 Å². The molecule has 0 unspecified atom stereocenters. The molecule has 4 heteroatoms. The first kappa shape index (κ1) is 18.1. The molecule has 0 N–H and O–H groups in total. The van der Waals surface area contributed by atoms with Gasteiger partial charge in [-0.15, -0.1) is 0 Å². The third-order valence-corrected chi connectivity index (χ3v) is 10.0. The summed E-state index contributed by atoms with van der Waals surface area (Å²) in [4.78, 5) is 0. The summed E-state index contributed by atoms with van der Waals surface area (Å²) in [5.74, 6) is 0. The summed E-state index contributed by atoms with van der Waals surface area (Å²) in [7, 11) is 0. The Hall–Kier alpha value is 0.0743. The molecule has 0 atom stereocenters. The van der Waals surface area contributed by atoms with Gasteiger partial charge in [-0.3, -0.25) is 0 Å². The van der Waals surface area contributed by atoms with E-state index in [1.54, 1.807) is 0 Å². The molecule has 1 aliphatic carbocycles. The molecule has 0 saturated heterocycles. The van der Waals surface area contributed by atoms with Crippen LogP contribution in [0.3, 0.4) is 0 Å². The van der Waals surface area contributed by atoms with Crippen molar-refractivity contribution in [2.75, 3.05) is 19.8 Å². The number of rotatable bonds is 7. The molecule has 20 heavy (non-hydrogen) atoms. The molecule has 0 aromatic rings. The molecule has 1 aliphatic rings. The van der Waals surface area contributed by atoms with Crippen LogP contribution in [0.2, 0.25) is 0 Å². The maximum absolute atomic E-state index is 6.16. The van der Waals surface area contributed by atoms with E-state index in [0.29, 0.717) is 19.8 Å². The van der Waals surface area contributed by atoms with Crippen LogP contribution in [0, 0.1) is 5.41 Å². The van der Waals surface area contributed by atoms with Gasteiger partial charge in [-0.25, -0.2) is 0 Å². The molecule has 0 amide bonds. The van der Waals surface area contributed by atoms with Gasteiger partial charge < -0.3 is 0 Å². The molecule has 0 aromatic heterocycles. The van der Waals surface area contributed by atoms with Gasteiger partial charge in [-0.1, -0.05) is 0 Å². The summed E-state index contributed by atoms with van der Waals surface area (Å²) >= 11 is -3.42. The molecule has 0 fully saturated rings. The molecule has 0 bridgehead atoms. The van der Waals surface area contributed by atoms with Crippen molar-refractivity contribution in [3.8, 4) is 0 Å². The minimum atomic E-state index is -3.42. The Morgan fingerprint density at radius 3 is 1.45 bits per heavy atom. The van der Waals surface area contributed by atoms with Crippen LogP contribution >= 0.6 is 0 Å². The summed E-state index contributed by atoms with van der Waals surface area (Å²) in [6.07, 6.45) is 0. The predicted octanol–water partition coefficient (Wildman–Crippen LogP) is 4.65. The van der Waals surface area contributed by atoms with Gasteiger partial charge in [-0.05, 0) is 0 Å². The van der Waals surface area contributed by atoms with Gasteiger partial charge in [0.05, 0.1) is 0 Å². The molecule has 0 heterocycles. The van der Waals surface area contributed by atoms with E-state index in [1.807, 2.05) is 20.8 Å². The second-order valence-corrected chi connectivity index (χ2v) is 9.60. The molecule has 1 rings (SSSR count). The van der Waals surface area contributed by atoms with E-state index in [1.165, 1.54) is 20.6 Å². The Kier molecular flexibility index (Phi) is 6.24. The Bertz CT molecular complexity index is 404. The van der Waals surface area contributed by atoms with E-state index in [4.69, 9.17) is 9.96 Å². The van der Waals surface area contributed by atoms with Crippen LogP contribution in [-0.4, -0.2) is 19.8 Å². The molecule has 0 aromatic carbocycles. The standard InChI is InChI=1S/C10H15.3C2H5O.Ti/c1-7-6-10(4,5)9(3)8(7)2;3*1-2-3;/h1-5H3;3*2H2,1H3;/q;3*-1;+3. The summed E-state index contributed by atoms with van der Waals surface area (Å²) in [5.41, 5.74) is 4.04. The van der Waals surface area contributed by atoms with Crippen LogP contribution in [0.4, 0.5) is 0 Å². The van der Waals surface area contributed by atoms with Crippen molar-refractivity contribution in [1.82, 2.24) is 0 Å². The summed E-state index contributed by atoms with van der Waals surface area (Å²) in [6.45, 7) is 19.0. The van der Waals surface area contributed by atoms with Gasteiger partial charge in [0.15, 0.2) is 0 Å². The fourth-order valence-corrected chi connectivity index (χ4v) is 8.46. The first-order valence-electron chi connectivity index (χ1n) is 7.60. The topological polar surface area (TPSA) is 27.7 Å². The van der Waals surface area contributed by atoms with E-state index in [-0.39, 0.29) is 5.41 Å². The minimum absolute atomic E-state index is 0.0341. The maximum atomic E-state index is 6.16. The quantitative estimate of drug-likeness (QED) is 0.640. The van der Waals surface area contributed by atoms with Crippen LogP contribution in [0.1, 0.15) is 55.4 Å². The molecular formula is C16H30O3Ti. The van der Waals surface area contributed by atoms with Crippen molar-refractivity contribution in [3.63, 3.8) is 0 Å². The van der Waals surface area contributed by atoms with E-state index in [9.17, 15) is 0 Å². The first-order chi connectivity index (χ1) is 9.28. The normalized spacial score (nSPS) is 19.2. The summed E-state index contributed by atoms with van der Waals surface area (Å²) in [5, 5.41) is 0. The van der Waals surface area contributed by atoms with E-state index < -0.39 is 17.8 Å². The summed E-state index contributed by atoms with van der Waals surface area (Å²) < 4.78 is 19.8. The Morgan fingerprint density at radius 2 is 1.20 bits per heavy atom. The first-order valence-corrected chi connectivity index (χ1v) is 10.3. The Labute approximate surface area is 129 Å². The van der Waals surface area contributed by atoms with E-state index in [2.05, 4.69) is 34.6 Å². The third-order valence-electron chi connectivity index (χ3n) is 4.37. The second-order valence-electron chi connectivity index (χ2n) is 5.73. The molecular weight excluding hydrogens is 288 g/mol. The third kappa shape index (κ3) is 2.98. The van der Waals surface area contributed by atoms with Crippen LogP contribution in [0.15, 0.2) is 20.6 Å². The number of hydrogen-bond acceptors (Lipinski definition) is 3. The average molecular weight is 318 g/mol. The molecule has 0 radical (unpaired) electrons. The van der Waals surface area contributed by atoms with E-state index >= 15 is 0 Å². The van der Waals surface area contributed by atoms with Crippen molar-refractivity contribution in [2.24, 2.45) is 5.41 Å². The van der Waals surface area contributed by atoms with Gasteiger partial charge in [0.2, 0.25) is 0 Å². The zero-order valence-electron chi connectivity index (χ0n) is 14.3. The molecule has 0 saturated carbocycles. The van der Waals surface area contributed by atoms with Crippen LogP contribution < -0.4 is 0 Å². The van der Waals surface area contributed by atoms with Crippen LogP contribution in [0.25, 0.3) is 0 Å². The zero-order chi connectivity index (χ0) is 15.6. The fourth-order valence-electron chi connectivity index (χ4n) is 3.12. The number of hydrogen-bond donors (Lipinski definition) is 0. The zero-order valence-corrected chi connectivity index (χ0v) is 15.9. The van der Waals surface area contributed by atoms with Gasteiger partial charge in [-0.2, -0.15) is 0 Å². The van der Waals surface area contributed by atoms with Crippen molar-refractivity contribution in [2.45, 2.75) is 55.4 Å². The molecule has 0 spiro atoms. The summed E-state index contributed by atoms with van der Waals surface area (Å²) in [6, 6.07) is 0. The van der Waals surface area contributed by atoms with Gasteiger partial charge in [0, 0.05) is 0 Å². The molecule has 3 nitrogen and oxygen atoms in total. The van der Waals surface area contributed by atoms with Gasteiger partial charge in [0.1, 0.15) is 0 Å². The average Bonchev–Trinajstić information content (AvgIpc) is 2.51.